The topological polar surface area (TPSA) is 70.6 Å². The molecule has 0 spiro atoms. The maximum Gasteiger partial charge on any atom is 0.334 e. The molecule has 1 aliphatic heterocycles. The number of amides is 4. The van der Waals surface area contributed by atoms with Crippen molar-refractivity contribution in [3.05, 3.63) is 41.0 Å². The van der Waals surface area contributed by atoms with Gasteiger partial charge in [0, 0.05) is 17.0 Å². The molecule has 2 aromatic rings. The molecule has 7 heteroatoms. The molecule has 1 saturated carbocycles. The van der Waals surface area contributed by atoms with Crippen LogP contribution in [0.1, 0.15) is 38.2 Å². The minimum absolute atomic E-state index is 0.0579. The Kier molecular flexibility index (Phi) is 4.60. The van der Waals surface area contributed by atoms with Crippen LogP contribution >= 0.6 is 11.6 Å². The van der Waals surface area contributed by atoms with Gasteiger partial charge >= 0.3 is 17.8 Å². The zero-order chi connectivity index (χ0) is 19.1. The second kappa shape index (κ2) is 6.93. The van der Waals surface area contributed by atoms with Crippen molar-refractivity contribution >= 4 is 40.3 Å². The van der Waals surface area contributed by atoms with E-state index >= 15 is 0 Å². The van der Waals surface area contributed by atoms with Crippen LogP contribution in [0.2, 0.25) is 5.15 Å². The van der Waals surface area contributed by atoms with Crippen LogP contribution in [0, 0.1) is 5.92 Å². The number of imide groups is 2. The smallest absolute Gasteiger partial charge is 0.263 e. The fourth-order valence-corrected chi connectivity index (χ4v) is 4.26. The van der Waals surface area contributed by atoms with Gasteiger partial charge in [-0.1, -0.05) is 49.6 Å². The first-order chi connectivity index (χ1) is 13.0. The van der Waals surface area contributed by atoms with Gasteiger partial charge in [-0.15, -0.1) is 0 Å². The Morgan fingerprint density at radius 3 is 2.63 bits per heavy atom. The van der Waals surface area contributed by atoms with Crippen LogP contribution in [0.5, 0.6) is 0 Å². The third kappa shape index (κ3) is 3.08. The Labute approximate surface area is 162 Å². The van der Waals surface area contributed by atoms with E-state index in [9.17, 15) is 14.4 Å². The normalized spacial score (nSPS) is 23.6. The number of pyridine rings is 1. The lowest BCUT2D eigenvalue weighted by Gasteiger charge is -2.34. The molecule has 6 nitrogen and oxygen atoms in total. The first-order valence-corrected chi connectivity index (χ1v) is 9.58. The van der Waals surface area contributed by atoms with Gasteiger partial charge in [-0.25, -0.2) is 9.78 Å². The van der Waals surface area contributed by atoms with Gasteiger partial charge in [-0.3, -0.25) is 19.4 Å². The average Bonchev–Trinajstić information content (AvgIpc) is 2.86. The summed E-state index contributed by atoms with van der Waals surface area (Å²) in [6.07, 6.45) is 3.75. The molecule has 4 rings (SSSR count). The fourth-order valence-electron chi connectivity index (χ4n) is 4.05. The predicted molar refractivity (Wildman–Crippen MR) is 101 cm³/mol. The van der Waals surface area contributed by atoms with Crippen LogP contribution < -0.4 is 0 Å². The monoisotopic (exact) mass is 385 g/mol. The number of nitrogens with zero attached hydrogens (tertiary/aromatic N) is 3. The lowest BCUT2D eigenvalue weighted by Crippen LogP contribution is -2.46. The molecule has 27 heavy (non-hydrogen) atoms. The molecule has 2 atom stereocenters. The number of carbonyl (C=O) groups is 3. The fraction of sp³-hybridized carbons (Fsp3) is 0.400. The molecule has 1 saturated heterocycles. The largest absolute Gasteiger partial charge is 0.334 e. The quantitative estimate of drug-likeness (QED) is 0.458. The van der Waals surface area contributed by atoms with Gasteiger partial charge in [0.1, 0.15) is 5.15 Å². The Morgan fingerprint density at radius 2 is 1.85 bits per heavy atom. The van der Waals surface area contributed by atoms with E-state index in [0.29, 0.717) is 5.56 Å². The number of urea groups is 1. The maximum absolute atomic E-state index is 12.9. The minimum Gasteiger partial charge on any atom is -0.263 e. The van der Waals surface area contributed by atoms with Crippen LogP contribution in [-0.2, 0) is 16.1 Å². The molecular weight excluding hydrogens is 366 g/mol. The standard InChI is InChI=1S/C20H20ClN3O3/c1-12-6-2-5-9-16(12)24-19(26)18(25)23(20(24)27)11-14-10-13-7-3-4-8-15(13)22-17(14)21/h3-4,7-8,10,12,16H,2,5-6,9,11H2,1H3/t12-,16+/m1/s1. The number of hydrogen-bond donors (Lipinski definition) is 0. The first kappa shape index (κ1) is 17.9. The average molecular weight is 386 g/mol. The van der Waals surface area contributed by atoms with Gasteiger partial charge in [0.05, 0.1) is 12.1 Å². The third-order valence-electron chi connectivity index (χ3n) is 5.56. The van der Waals surface area contributed by atoms with Gasteiger partial charge in [0.2, 0.25) is 0 Å². The van der Waals surface area contributed by atoms with E-state index in [-0.39, 0.29) is 23.7 Å². The van der Waals surface area contributed by atoms with Crippen molar-refractivity contribution in [2.75, 3.05) is 0 Å². The zero-order valence-corrected chi connectivity index (χ0v) is 15.8. The van der Waals surface area contributed by atoms with E-state index in [1.54, 1.807) is 0 Å². The zero-order valence-electron chi connectivity index (χ0n) is 15.0. The number of fused-ring (bicyclic) bond motifs is 1. The Bertz CT molecular complexity index is 945. The molecule has 2 heterocycles. The molecule has 1 aromatic carbocycles. The molecule has 0 radical (unpaired) electrons. The molecule has 2 fully saturated rings. The van der Waals surface area contributed by atoms with E-state index in [2.05, 4.69) is 4.98 Å². The van der Waals surface area contributed by atoms with Crippen molar-refractivity contribution in [3.8, 4) is 0 Å². The Balaban J connectivity index is 1.62. The van der Waals surface area contributed by atoms with Crippen LogP contribution in [0.3, 0.4) is 0 Å². The van der Waals surface area contributed by atoms with E-state index in [0.717, 1.165) is 46.4 Å². The molecule has 0 bridgehead atoms. The highest BCUT2D eigenvalue weighted by atomic mass is 35.5. The van der Waals surface area contributed by atoms with Crippen molar-refractivity contribution in [1.82, 2.24) is 14.8 Å². The summed E-state index contributed by atoms with van der Waals surface area (Å²) in [6, 6.07) is 8.52. The molecule has 140 valence electrons. The SMILES string of the molecule is C[C@@H]1CCCC[C@@H]1N1C(=O)C(=O)N(Cc2cc3ccccc3nc2Cl)C1=O. The maximum atomic E-state index is 12.9. The van der Waals surface area contributed by atoms with E-state index in [1.165, 1.54) is 0 Å². The van der Waals surface area contributed by atoms with Gasteiger partial charge in [0.15, 0.2) is 0 Å². The molecule has 1 aliphatic carbocycles. The third-order valence-corrected chi connectivity index (χ3v) is 5.89. The van der Waals surface area contributed by atoms with E-state index in [4.69, 9.17) is 11.6 Å². The summed E-state index contributed by atoms with van der Waals surface area (Å²) in [7, 11) is 0. The highest BCUT2D eigenvalue weighted by molar-refractivity contribution is 6.44. The summed E-state index contributed by atoms with van der Waals surface area (Å²) in [6.45, 7) is 1.97. The highest BCUT2D eigenvalue weighted by Gasteiger charge is 2.49. The van der Waals surface area contributed by atoms with Crippen molar-refractivity contribution in [2.24, 2.45) is 5.92 Å². The number of aromatic nitrogens is 1. The lowest BCUT2D eigenvalue weighted by molar-refractivity contribution is -0.144. The molecule has 4 amide bonds. The van der Waals surface area contributed by atoms with Gasteiger partial charge in [0.25, 0.3) is 0 Å². The number of carbonyl (C=O) groups excluding carboxylic acids is 3. The molecule has 2 aliphatic rings. The van der Waals surface area contributed by atoms with E-state index < -0.39 is 17.8 Å². The lowest BCUT2D eigenvalue weighted by atomic mass is 9.85. The summed E-state index contributed by atoms with van der Waals surface area (Å²) in [4.78, 5) is 44.4. The number of hydrogen-bond acceptors (Lipinski definition) is 4. The molecule has 0 unspecified atom stereocenters. The minimum atomic E-state index is -0.790. The van der Waals surface area contributed by atoms with Crippen molar-refractivity contribution in [2.45, 2.75) is 45.2 Å². The number of benzene rings is 1. The second-order valence-electron chi connectivity index (χ2n) is 7.31. The molecule has 0 N–H and O–H groups in total. The predicted octanol–water partition coefficient (Wildman–Crippen LogP) is 3.76. The summed E-state index contributed by atoms with van der Waals surface area (Å²) < 4.78 is 0. The highest BCUT2D eigenvalue weighted by Crippen LogP contribution is 2.32. The summed E-state index contributed by atoms with van der Waals surface area (Å²) in [5.41, 5.74) is 1.28. The molecular formula is C20H20ClN3O3. The van der Waals surface area contributed by atoms with Gasteiger partial charge in [-0.05, 0) is 30.9 Å². The Morgan fingerprint density at radius 1 is 1.11 bits per heavy atom. The van der Waals surface area contributed by atoms with Crippen molar-refractivity contribution in [3.63, 3.8) is 0 Å². The van der Waals surface area contributed by atoms with Crippen LogP contribution in [0.4, 0.5) is 4.79 Å². The summed E-state index contributed by atoms with van der Waals surface area (Å²) >= 11 is 6.26. The van der Waals surface area contributed by atoms with Crippen LogP contribution in [0.15, 0.2) is 30.3 Å². The summed E-state index contributed by atoms with van der Waals surface area (Å²) in [5.74, 6) is -1.32. The number of halogens is 1. The number of rotatable bonds is 3. The summed E-state index contributed by atoms with van der Waals surface area (Å²) in [5, 5.41) is 1.09. The molecule has 1 aromatic heterocycles. The Hall–Kier alpha value is -2.47. The number of para-hydroxylation sites is 1. The van der Waals surface area contributed by atoms with Crippen LogP contribution in [0.25, 0.3) is 10.9 Å². The van der Waals surface area contributed by atoms with Crippen LogP contribution in [-0.4, -0.2) is 38.7 Å². The van der Waals surface area contributed by atoms with E-state index in [1.807, 2.05) is 37.3 Å². The first-order valence-electron chi connectivity index (χ1n) is 9.20. The van der Waals surface area contributed by atoms with Gasteiger partial charge < -0.3 is 0 Å². The van der Waals surface area contributed by atoms with Gasteiger partial charge in [-0.2, -0.15) is 0 Å². The van der Waals surface area contributed by atoms with Crippen molar-refractivity contribution in [1.29, 1.82) is 0 Å². The van der Waals surface area contributed by atoms with Crippen molar-refractivity contribution < 1.29 is 14.4 Å². The second-order valence-corrected chi connectivity index (χ2v) is 7.67.